The van der Waals surface area contributed by atoms with E-state index in [1.165, 1.54) is 0 Å². The van der Waals surface area contributed by atoms with Gasteiger partial charge < -0.3 is 25.4 Å². The van der Waals surface area contributed by atoms with Crippen LogP contribution in [0.4, 0.5) is 0 Å². The molecule has 5 rings (SSSR count). The Morgan fingerprint density at radius 3 is 2.49 bits per heavy atom. The van der Waals surface area contributed by atoms with Crippen LogP contribution in [-0.2, 0) is 9.53 Å². The summed E-state index contributed by atoms with van der Waals surface area (Å²) < 4.78 is 5.80. The van der Waals surface area contributed by atoms with E-state index in [9.17, 15) is 20.1 Å². The Morgan fingerprint density at radius 2 is 1.76 bits per heavy atom. The highest BCUT2D eigenvalue weighted by Gasteiger charge is 2.65. The molecule has 5 aliphatic rings. The zero-order valence-corrected chi connectivity index (χ0v) is 23.9. The topological polar surface area (TPSA) is 99.0 Å². The number of aliphatic hydroxyl groups excluding tert-OH is 3. The molecule has 37 heavy (non-hydrogen) atoms. The molecule has 1 saturated heterocycles. The lowest BCUT2D eigenvalue weighted by Gasteiger charge is -2.63. The Morgan fingerprint density at radius 1 is 1.00 bits per heavy atom. The Balaban J connectivity index is 1.24. The van der Waals surface area contributed by atoms with Crippen LogP contribution in [0.2, 0.25) is 0 Å². The summed E-state index contributed by atoms with van der Waals surface area (Å²) in [6.45, 7) is 11.8. The Bertz CT molecular complexity index is 847. The summed E-state index contributed by atoms with van der Waals surface area (Å²) in [7, 11) is 0. The van der Waals surface area contributed by atoms with E-state index in [0.717, 1.165) is 64.2 Å². The monoisotopic (exact) mass is 519 g/mol. The van der Waals surface area contributed by atoms with Gasteiger partial charge in [-0.2, -0.15) is 0 Å². The molecule has 5 fully saturated rings. The van der Waals surface area contributed by atoms with Crippen LogP contribution >= 0.6 is 0 Å². The average molecular weight is 520 g/mol. The number of carbonyl (C=O) groups excluding carboxylic acids is 1. The van der Waals surface area contributed by atoms with Crippen LogP contribution in [0, 0.1) is 46.3 Å². The van der Waals surface area contributed by atoms with Crippen molar-refractivity contribution in [1.82, 2.24) is 5.32 Å². The zero-order chi connectivity index (χ0) is 26.8. The molecule has 0 aromatic carbocycles. The lowest BCUT2D eigenvalue weighted by molar-refractivity contribution is -0.207. The molecule has 1 heterocycles. The Kier molecular flexibility index (Phi) is 7.57. The van der Waals surface area contributed by atoms with Gasteiger partial charge in [0, 0.05) is 19.1 Å². The molecule has 0 aromatic rings. The van der Waals surface area contributed by atoms with Gasteiger partial charge in [-0.1, -0.05) is 20.8 Å². The minimum absolute atomic E-state index is 0.103. The van der Waals surface area contributed by atoms with Gasteiger partial charge in [-0.05, 0) is 124 Å². The maximum absolute atomic E-state index is 12.8. The molecule has 212 valence electrons. The first-order valence-electron chi connectivity index (χ1n) is 15.3. The Labute approximate surface area is 224 Å². The van der Waals surface area contributed by atoms with Crippen LogP contribution in [0.3, 0.4) is 0 Å². The summed E-state index contributed by atoms with van der Waals surface area (Å²) in [5.74, 6) is 2.10. The largest absolute Gasteiger partial charge is 0.393 e. The average Bonchev–Trinajstić information content (AvgIpc) is 3.17. The third kappa shape index (κ3) is 4.91. The first-order valence-corrected chi connectivity index (χ1v) is 15.3. The molecule has 12 atom stereocenters. The number of nitrogens with one attached hydrogen (secondary N) is 1. The Hall–Kier alpha value is -0.690. The molecule has 1 amide bonds. The molecule has 4 saturated carbocycles. The van der Waals surface area contributed by atoms with Crippen molar-refractivity contribution in [3.8, 4) is 0 Å². The van der Waals surface area contributed by atoms with E-state index in [2.05, 4.69) is 39.9 Å². The highest BCUT2D eigenvalue weighted by atomic mass is 16.5. The third-order valence-corrected chi connectivity index (χ3v) is 12.4. The van der Waals surface area contributed by atoms with Crippen molar-refractivity contribution in [2.24, 2.45) is 46.3 Å². The number of hydrogen-bond acceptors (Lipinski definition) is 5. The van der Waals surface area contributed by atoms with Crippen LogP contribution in [-0.4, -0.2) is 57.8 Å². The SMILES string of the molecule is C[C@H](CCC(=O)NC1CCOC(C)(C)C1)[C@H]1CC[C@H]2[C@@H]3[C@@H](O)CC4C[C@H](O)CC[C@]4(C)[C@H]3C[C@H](O)[C@]12C. The van der Waals surface area contributed by atoms with Crippen LogP contribution in [0.15, 0.2) is 0 Å². The van der Waals surface area contributed by atoms with E-state index in [1.54, 1.807) is 0 Å². The molecule has 6 heteroatoms. The first-order chi connectivity index (χ1) is 17.3. The standard InChI is InChI=1S/C31H53NO5/c1-18(6-9-27(36)32-20-11-13-37-29(2,3)17-20)22-7-8-23-28-24(16-26(35)31(22,23)5)30(4)12-10-21(33)14-19(30)15-25(28)34/h18-26,28,33-35H,6-17H2,1-5H3,(H,32,36)/t18-,19?,20?,21-,22-,23+,24+,25+,26+,28+,30+,31-/m1/s1. The number of fused-ring (bicyclic) bond motifs is 5. The maximum Gasteiger partial charge on any atom is 0.220 e. The van der Waals surface area contributed by atoms with Gasteiger partial charge >= 0.3 is 0 Å². The molecule has 4 aliphatic carbocycles. The summed E-state index contributed by atoms with van der Waals surface area (Å²) in [4.78, 5) is 12.8. The molecule has 1 aliphatic heterocycles. The van der Waals surface area contributed by atoms with Gasteiger partial charge in [0.15, 0.2) is 0 Å². The minimum Gasteiger partial charge on any atom is -0.393 e. The van der Waals surface area contributed by atoms with Gasteiger partial charge in [-0.3, -0.25) is 4.79 Å². The summed E-state index contributed by atoms with van der Waals surface area (Å²) in [6, 6.07) is 0.191. The molecular weight excluding hydrogens is 466 g/mol. The summed E-state index contributed by atoms with van der Waals surface area (Å²) in [5.41, 5.74) is -0.282. The normalized spacial score (nSPS) is 49.9. The summed E-state index contributed by atoms with van der Waals surface area (Å²) in [5, 5.41) is 36.8. The van der Waals surface area contributed by atoms with Gasteiger partial charge in [0.05, 0.1) is 23.9 Å². The minimum atomic E-state index is -0.373. The van der Waals surface area contributed by atoms with Gasteiger partial charge in [-0.25, -0.2) is 0 Å². The second kappa shape index (κ2) is 10.1. The molecule has 0 radical (unpaired) electrons. The van der Waals surface area contributed by atoms with E-state index < -0.39 is 0 Å². The molecule has 0 aromatic heterocycles. The molecule has 2 unspecified atom stereocenters. The van der Waals surface area contributed by atoms with Crippen molar-refractivity contribution >= 4 is 5.91 Å². The van der Waals surface area contributed by atoms with E-state index >= 15 is 0 Å². The van der Waals surface area contributed by atoms with E-state index in [4.69, 9.17) is 4.74 Å². The molecule has 0 spiro atoms. The number of carbonyl (C=O) groups is 1. The number of rotatable bonds is 5. The summed E-state index contributed by atoms with van der Waals surface area (Å²) >= 11 is 0. The van der Waals surface area contributed by atoms with Crippen molar-refractivity contribution in [1.29, 1.82) is 0 Å². The highest BCUT2D eigenvalue weighted by Crippen LogP contribution is 2.68. The summed E-state index contributed by atoms with van der Waals surface area (Å²) in [6.07, 6.45) is 8.48. The second-order valence-electron chi connectivity index (χ2n) is 14.9. The number of ether oxygens (including phenoxy) is 1. The second-order valence-corrected chi connectivity index (χ2v) is 14.9. The fraction of sp³-hybridized carbons (Fsp3) is 0.968. The van der Waals surface area contributed by atoms with Gasteiger partial charge in [0.25, 0.3) is 0 Å². The molecule has 6 nitrogen and oxygen atoms in total. The predicted molar refractivity (Wildman–Crippen MR) is 144 cm³/mol. The quantitative estimate of drug-likeness (QED) is 0.431. The zero-order valence-electron chi connectivity index (χ0n) is 23.9. The van der Waals surface area contributed by atoms with Crippen molar-refractivity contribution in [3.05, 3.63) is 0 Å². The van der Waals surface area contributed by atoms with Crippen LogP contribution in [0.1, 0.15) is 105 Å². The van der Waals surface area contributed by atoms with Crippen molar-refractivity contribution in [3.63, 3.8) is 0 Å². The third-order valence-electron chi connectivity index (χ3n) is 12.4. The lowest BCUT2D eigenvalue weighted by Crippen LogP contribution is -2.62. The molecule has 4 N–H and O–H groups in total. The van der Waals surface area contributed by atoms with Crippen molar-refractivity contribution < 1.29 is 24.9 Å². The number of hydrogen-bond donors (Lipinski definition) is 4. The molecular formula is C31H53NO5. The predicted octanol–water partition coefficient (Wildman–Crippen LogP) is 4.44. The van der Waals surface area contributed by atoms with Gasteiger partial charge in [-0.15, -0.1) is 0 Å². The van der Waals surface area contributed by atoms with Crippen LogP contribution < -0.4 is 5.32 Å². The van der Waals surface area contributed by atoms with Gasteiger partial charge in [0.2, 0.25) is 5.91 Å². The van der Waals surface area contributed by atoms with E-state index in [1.807, 2.05) is 0 Å². The smallest absolute Gasteiger partial charge is 0.220 e. The highest BCUT2D eigenvalue weighted by molar-refractivity contribution is 5.76. The fourth-order valence-electron chi connectivity index (χ4n) is 10.3. The fourth-order valence-corrected chi connectivity index (χ4v) is 10.3. The number of aliphatic hydroxyl groups is 3. The lowest BCUT2D eigenvalue weighted by atomic mass is 9.43. The van der Waals surface area contributed by atoms with Crippen LogP contribution in [0.5, 0.6) is 0 Å². The van der Waals surface area contributed by atoms with E-state index in [-0.39, 0.29) is 52.6 Å². The van der Waals surface area contributed by atoms with Crippen molar-refractivity contribution in [2.45, 2.75) is 135 Å². The first kappa shape index (κ1) is 27.9. The van der Waals surface area contributed by atoms with Crippen molar-refractivity contribution in [2.75, 3.05) is 6.61 Å². The maximum atomic E-state index is 12.8. The number of amides is 1. The van der Waals surface area contributed by atoms with E-state index in [0.29, 0.717) is 42.6 Å². The van der Waals surface area contributed by atoms with Gasteiger partial charge in [0.1, 0.15) is 0 Å². The molecule has 0 bridgehead atoms. The van der Waals surface area contributed by atoms with Crippen LogP contribution in [0.25, 0.3) is 0 Å².